The molecule has 4 nitrogen and oxygen atoms in total. The standard InChI is InChI=1S/C10H24N2O2S2/c1-9(2)11-5-6-16(13,14)12-7-10(3)8-15-4/h9-12H,5-8H2,1-4H3. The molecule has 0 heterocycles. The second-order valence-corrected chi connectivity index (χ2v) is 7.17. The average Bonchev–Trinajstić information content (AvgIpc) is 2.14. The zero-order valence-corrected chi connectivity index (χ0v) is 12.2. The Morgan fingerprint density at radius 3 is 2.38 bits per heavy atom. The van der Waals surface area contributed by atoms with E-state index in [2.05, 4.69) is 10.0 Å². The normalized spacial score (nSPS) is 14.3. The topological polar surface area (TPSA) is 58.2 Å². The Hall–Kier alpha value is 0.220. The van der Waals surface area contributed by atoms with Crippen molar-refractivity contribution in [2.75, 3.05) is 30.9 Å². The minimum Gasteiger partial charge on any atom is -0.313 e. The van der Waals surface area contributed by atoms with E-state index in [1.54, 1.807) is 11.8 Å². The van der Waals surface area contributed by atoms with E-state index in [4.69, 9.17) is 0 Å². The zero-order chi connectivity index (χ0) is 12.6. The molecule has 1 unspecified atom stereocenters. The van der Waals surface area contributed by atoms with E-state index >= 15 is 0 Å². The molecule has 0 aromatic carbocycles. The van der Waals surface area contributed by atoms with Crippen LogP contribution in [0, 0.1) is 5.92 Å². The van der Waals surface area contributed by atoms with Crippen molar-refractivity contribution in [3.05, 3.63) is 0 Å². The third-order valence-electron chi connectivity index (χ3n) is 2.03. The van der Waals surface area contributed by atoms with Gasteiger partial charge in [-0.05, 0) is 17.9 Å². The largest absolute Gasteiger partial charge is 0.313 e. The summed E-state index contributed by atoms with van der Waals surface area (Å²) in [6.07, 6.45) is 2.03. The SMILES string of the molecule is CSCC(C)CNS(=O)(=O)CCNC(C)C. The molecule has 0 aliphatic heterocycles. The molecular formula is C10H24N2O2S2. The van der Waals surface area contributed by atoms with Gasteiger partial charge in [0.15, 0.2) is 0 Å². The van der Waals surface area contributed by atoms with E-state index in [0.29, 0.717) is 25.0 Å². The van der Waals surface area contributed by atoms with Gasteiger partial charge in [-0.15, -0.1) is 0 Å². The molecule has 0 rings (SSSR count). The summed E-state index contributed by atoms with van der Waals surface area (Å²) in [6.45, 7) is 7.08. The van der Waals surface area contributed by atoms with Crippen LogP contribution < -0.4 is 10.0 Å². The molecule has 0 radical (unpaired) electrons. The Kier molecular flexibility index (Phi) is 8.45. The van der Waals surface area contributed by atoms with Crippen LogP contribution in [0.1, 0.15) is 20.8 Å². The van der Waals surface area contributed by atoms with E-state index in [1.165, 1.54) is 0 Å². The molecule has 0 saturated heterocycles. The summed E-state index contributed by atoms with van der Waals surface area (Å²) in [5, 5.41) is 3.09. The molecule has 98 valence electrons. The van der Waals surface area contributed by atoms with Crippen LogP contribution in [0.4, 0.5) is 0 Å². The Balaban J connectivity index is 3.78. The molecule has 0 aliphatic rings. The average molecular weight is 268 g/mol. The Morgan fingerprint density at radius 1 is 1.25 bits per heavy atom. The quantitative estimate of drug-likeness (QED) is 0.652. The van der Waals surface area contributed by atoms with Crippen LogP contribution in [0.15, 0.2) is 0 Å². The second-order valence-electron chi connectivity index (χ2n) is 4.34. The lowest BCUT2D eigenvalue weighted by Crippen LogP contribution is -2.36. The van der Waals surface area contributed by atoms with Gasteiger partial charge in [0.05, 0.1) is 5.75 Å². The number of nitrogens with one attached hydrogen (secondary N) is 2. The van der Waals surface area contributed by atoms with Crippen LogP contribution in [-0.4, -0.2) is 45.3 Å². The van der Waals surface area contributed by atoms with Gasteiger partial charge in [-0.3, -0.25) is 0 Å². The van der Waals surface area contributed by atoms with Crippen LogP contribution in [0.5, 0.6) is 0 Å². The molecule has 0 amide bonds. The van der Waals surface area contributed by atoms with Crippen LogP contribution in [-0.2, 0) is 10.0 Å². The monoisotopic (exact) mass is 268 g/mol. The minimum atomic E-state index is -3.11. The molecule has 0 saturated carbocycles. The lowest BCUT2D eigenvalue weighted by atomic mass is 10.2. The Bertz CT molecular complexity index is 266. The van der Waals surface area contributed by atoms with Gasteiger partial charge < -0.3 is 5.32 Å². The van der Waals surface area contributed by atoms with E-state index in [9.17, 15) is 8.42 Å². The van der Waals surface area contributed by atoms with E-state index in [1.807, 2.05) is 27.0 Å². The van der Waals surface area contributed by atoms with Crippen molar-refractivity contribution in [3.63, 3.8) is 0 Å². The molecule has 0 fully saturated rings. The molecule has 2 N–H and O–H groups in total. The third kappa shape index (κ3) is 9.45. The maximum atomic E-state index is 11.6. The summed E-state index contributed by atoms with van der Waals surface area (Å²) in [5.74, 6) is 1.51. The van der Waals surface area contributed by atoms with Crippen molar-refractivity contribution < 1.29 is 8.42 Å². The molecule has 0 aromatic rings. The molecular weight excluding hydrogens is 244 g/mol. The van der Waals surface area contributed by atoms with Gasteiger partial charge in [-0.2, -0.15) is 11.8 Å². The zero-order valence-electron chi connectivity index (χ0n) is 10.6. The summed E-state index contributed by atoms with van der Waals surface area (Å²) >= 11 is 1.73. The van der Waals surface area contributed by atoms with Gasteiger partial charge in [0.25, 0.3) is 0 Å². The van der Waals surface area contributed by atoms with Crippen LogP contribution in [0.2, 0.25) is 0 Å². The summed E-state index contributed by atoms with van der Waals surface area (Å²) < 4.78 is 25.8. The smallest absolute Gasteiger partial charge is 0.212 e. The van der Waals surface area contributed by atoms with Crippen LogP contribution in [0.3, 0.4) is 0 Å². The van der Waals surface area contributed by atoms with Gasteiger partial charge in [0.1, 0.15) is 0 Å². The maximum Gasteiger partial charge on any atom is 0.212 e. The van der Waals surface area contributed by atoms with E-state index < -0.39 is 10.0 Å². The molecule has 0 aliphatic carbocycles. The van der Waals surface area contributed by atoms with Crippen LogP contribution in [0.25, 0.3) is 0 Å². The predicted molar refractivity (Wildman–Crippen MR) is 72.5 cm³/mol. The summed E-state index contributed by atoms with van der Waals surface area (Å²) in [4.78, 5) is 0. The van der Waals surface area contributed by atoms with Crippen molar-refractivity contribution in [3.8, 4) is 0 Å². The highest BCUT2D eigenvalue weighted by atomic mass is 32.2. The van der Waals surface area contributed by atoms with Gasteiger partial charge in [0, 0.05) is 19.1 Å². The Labute approximate surface area is 104 Å². The first-order valence-electron chi connectivity index (χ1n) is 5.57. The van der Waals surface area contributed by atoms with Gasteiger partial charge in [-0.25, -0.2) is 13.1 Å². The van der Waals surface area contributed by atoms with Crippen LogP contribution >= 0.6 is 11.8 Å². The second kappa shape index (κ2) is 8.33. The number of hydrogen-bond acceptors (Lipinski definition) is 4. The number of sulfonamides is 1. The predicted octanol–water partition coefficient (Wildman–Crippen LogP) is 0.903. The fourth-order valence-corrected chi connectivity index (χ4v) is 2.92. The van der Waals surface area contributed by atoms with E-state index in [0.717, 1.165) is 5.75 Å². The van der Waals surface area contributed by atoms with Gasteiger partial charge >= 0.3 is 0 Å². The first-order chi connectivity index (χ1) is 7.37. The lowest BCUT2D eigenvalue weighted by molar-refractivity contribution is 0.553. The number of thioether (sulfide) groups is 1. The van der Waals surface area contributed by atoms with Crippen molar-refractivity contribution >= 4 is 21.8 Å². The highest BCUT2D eigenvalue weighted by molar-refractivity contribution is 7.98. The molecule has 0 bridgehead atoms. The fraction of sp³-hybridized carbons (Fsp3) is 1.00. The van der Waals surface area contributed by atoms with Crippen molar-refractivity contribution in [1.82, 2.24) is 10.0 Å². The summed E-state index contributed by atoms with van der Waals surface area (Å²) in [6, 6.07) is 0.325. The van der Waals surface area contributed by atoms with Crippen molar-refractivity contribution in [2.45, 2.75) is 26.8 Å². The minimum absolute atomic E-state index is 0.150. The van der Waals surface area contributed by atoms with E-state index in [-0.39, 0.29) is 5.75 Å². The Morgan fingerprint density at radius 2 is 1.88 bits per heavy atom. The van der Waals surface area contributed by atoms with Crippen molar-refractivity contribution in [1.29, 1.82) is 0 Å². The number of rotatable bonds is 9. The highest BCUT2D eigenvalue weighted by Gasteiger charge is 2.11. The first kappa shape index (κ1) is 16.2. The van der Waals surface area contributed by atoms with Gasteiger partial charge in [0.2, 0.25) is 10.0 Å². The number of hydrogen-bond donors (Lipinski definition) is 2. The lowest BCUT2D eigenvalue weighted by Gasteiger charge is -2.12. The summed E-state index contributed by atoms with van der Waals surface area (Å²) in [7, 11) is -3.11. The molecule has 16 heavy (non-hydrogen) atoms. The first-order valence-corrected chi connectivity index (χ1v) is 8.61. The molecule has 6 heteroatoms. The van der Waals surface area contributed by atoms with Gasteiger partial charge in [-0.1, -0.05) is 20.8 Å². The third-order valence-corrected chi connectivity index (χ3v) is 4.28. The fourth-order valence-electron chi connectivity index (χ4n) is 1.17. The molecule has 1 atom stereocenters. The van der Waals surface area contributed by atoms with Crippen molar-refractivity contribution in [2.24, 2.45) is 5.92 Å². The summed E-state index contributed by atoms with van der Waals surface area (Å²) in [5.41, 5.74) is 0. The highest BCUT2D eigenvalue weighted by Crippen LogP contribution is 2.03. The molecule has 0 spiro atoms. The maximum absolute atomic E-state index is 11.6. The molecule has 0 aromatic heterocycles.